The Morgan fingerprint density at radius 1 is 1.21 bits per heavy atom. The van der Waals surface area contributed by atoms with Crippen LogP contribution in [0.15, 0.2) is 36.7 Å². The minimum atomic E-state index is 0.389. The largest absolute Gasteiger partial charge is 0.424 e. The Morgan fingerprint density at radius 2 is 1.89 bits per heavy atom. The van der Waals surface area contributed by atoms with Gasteiger partial charge in [0.25, 0.3) is 0 Å². The van der Waals surface area contributed by atoms with Gasteiger partial charge in [0.1, 0.15) is 5.75 Å². The molecular formula is C15H17BrN2O. The maximum Gasteiger partial charge on any atom is 0.321 e. The number of rotatable bonds is 5. The maximum atomic E-state index is 5.79. The Morgan fingerprint density at radius 3 is 2.53 bits per heavy atom. The molecule has 0 spiro atoms. The van der Waals surface area contributed by atoms with Crippen molar-refractivity contribution in [3.05, 3.63) is 47.8 Å². The predicted molar refractivity (Wildman–Crippen MR) is 79.9 cm³/mol. The molecule has 0 aliphatic carbocycles. The fraction of sp³-hybridized carbons (Fsp3) is 0.333. The van der Waals surface area contributed by atoms with Crippen molar-refractivity contribution in [1.29, 1.82) is 0 Å². The van der Waals surface area contributed by atoms with Crippen LogP contribution in [0, 0.1) is 0 Å². The molecule has 0 aliphatic rings. The van der Waals surface area contributed by atoms with Gasteiger partial charge in [0.15, 0.2) is 0 Å². The van der Waals surface area contributed by atoms with Crippen LogP contribution in [0.25, 0.3) is 0 Å². The van der Waals surface area contributed by atoms with Crippen molar-refractivity contribution >= 4 is 15.9 Å². The average Bonchev–Trinajstić information content (AvgIpc) is 2.48. The molecule has 0 fully saturated rings. The lowest BCUT2D eigenvalue weighted by Crippen LogP contribution is -1.98. The Bertz CT molecular complexity index is 528. The summed E-state index contributed by atoms with van der Waals surface area (Å²) in [6.45, 7) is 4.36. The second kappa shape index (κ2) is 6.66. The SMILES string of the molecule is CCC(C)c1ccccc1Oc1ncc(CBr)cn1. The first kappa shape index (κ1) is 14.0. The van der Waals surface area contributed by atoms with Gasteiger partial charge < -0.3 is 4.74 Å². The van der Waals surface area contributed by atoms with Gasteiger partial charge in [0, 0.05) is 17.7 Å². The first-order chi connectivity index (χ1) is 9.24. The first-order valence-corrected chi connectivity index (χ1v) is 7.50. The van der Waals surface area contributed by atoms with E-state index in [2.05, 4.69) is 45.8 Å². The second-order valence-electron chi connectivity index (χ2n) is 4.46. The molecule has 100 valence electrons. The van der Waals surface area contributed by atoms with Gasteiger partial charge in [-0.2, -0.15) is 0 Å². The van der Waals surface area contributed by atoms with Crippen LogP contribution in [0.2, 0.25) is 0 Å². The summed E-state index contributed by atoms with van der Waals surface area (Å²) in [6, 6.07) is 8.44. The molecule has 1 aromatic carbocycles. The van der Waals surface area contributed by atoms with Gasteiger partial charge in [-0.1, -0.05) is 48.0 Å². The third-order valence-electron chi connectivity index (χ3n) is 3.10. The van der Waals surface area contributed by atoms with E-state index in [1.54, 1.807) is 12.4 Å². The molecule has 0 amide bonds. The Labute approximate surface area is 122 Å². The van der Waals surface area contributed by atoms with Gasteiger partial charge in [0.05, 0.1) is 0 Å². The fourth-order valence-electron chi connectivity index (χ4n) is 1.76. The zero-order chi connectivity index (χ0) is 13.7. The number of alkyl halides is 1. The lowest BCUT2D eigenvalue weighted by molar-refractivity contribution is 0.432. The number of nitrogens with zero attached hydrogens (tertiary/aromatic N) is 2. The minimum absolute atomic E-state index is 0.389. The number of para-hydroxylation sites is 1. The van der Waals surface area contributed by atoms with Gasteiger partial charge >= 0.3 is 6.01 Å². The predicted octanol–water partition coefficient (Wildman–Crippen LogP) is 4.68. The number of hydrogen-bond acceptors (Lipinski definition) is 3. The molecule has 0 saturated heterocycles. The van der Waals surface area contributed by atoms with Crippen LogP contribution in [0.1, 0.15) is 37.3 Å². The molecule has 1 atom stereocenters. The number of hydrogen-bond donors (Lipinski definition) is 0. The standard InChI is InChI=1S/C15H17BrN2O/c1-3-11(2)13-6-4-5-7-14(13)19-15-17-9-12(8-16)10-18-15/h4-7,9-11H,3,8H2,1-2H3. The summed E-state index contributed by atoms with van der Waals surface area (Å²) in [5, 5.41) is 0.747. The summed E-state index contributed by atoms with van der Waals surface area (Å²) in [7, 11) is 0. The molecule has 2 rings (SSSR count). The summed E-state index contributed by atoms with van der Waals surface area (Å²) in [5.41, 5.74) is 2.22. The first-order valence-electron chi connectivity index (χ1n) is 6.38. The van der Waals surface area contributed by atoms with E-state index in [1.807, 2.05) is 18.2 Å². The average molecular weight is 321 g/mol. The van der Waals surface area contributed by atoms with Crippen molar-refractivity contribution in [2.75, 3.05) is 0 Å². The molecule has 0 bridgehead atoms. The number of ether oxygens (including phenoxy) is 1. The smallest absolute Gasteiger partial charge is 0.321 e. The lowest BCUT2D eigenvalue weighted by Gasteiger charge is -2.14. The molecule has 0 N–H and O–H groups in total. The Hall–Kier alpha value is -1.42. The van der Waals surface area contributed by atoms with Crippen LogP contribution in [0.4, 0.5) is 0 Å². The summed E-state index contributed by atoms with van der Waals surface area (Å²) in [4.78, 5) is 8.42. The molecule has 3 nitrogen and oxygen atoms in total. The van der Waals surface area contributed by atoms with E-state index >= 15 is 0 Å². The highest BCUT2D eigenvalue weighted by molar-refractivity contribution is 9.08. The summed E-state index contributed by atoms with van der Waals surface area (Å²) < 4.78 is 5.79. The maximum absolute atomic E-state index is 5.79. The molecule has 2 aromatic rings. The Kier molecular flexibility index (Phi) is 4.91. The van der Waals surface area contributed by atoms with Crippen LogP contribution in [0.3, 0.4) is 0 Å². The van der Waals surface area contributed by atoms with Crippen LogP contribution < -0.4 is 4.74 Å². The summed E-state index contributed by atoms with van der Waals surface area (Å²) in [5.74, 6) is 1.29. The van der Waals surface area contributed by atoms with E-state index in [0.29, 0.717) is 11.9 Å². The Balaban J connectivity index is 2.22. The van der Waals surface area contributed by atoms with Crippen molar-refractivity contribution < 1.29 is 4.74 Å². The van der Waals surface area contributed by atoms with Crippen LogP contribution in [-0.4, -0.2) is 9.97 Å². The monoisotopic (exact) mass is 320 g/mol. The normalized spacial score (nSPS) is 12.2. The van der Waals surface area contributed by atoms with Crippen molar-refractivity contribution in [1.82, 2.24) is 9.97 Å². The van der Waals surface area contributed by atoms with Gasteiger partial charge in [0.2, 0.25) is 0 Å². The minimum Gasteiger partial charge on any atom is -0.424 e. The van der Waals surface area contributed by atoms with E-state index in [0.717, 1.165) is 23.1 Å². The molecule has 4 heteroatoms. The summed E-state index contributed by atoms with van der Waals surface area (Å²) >= 11 is 3.37. The van der Waals surface area contributed by atoms with E-state index in [4.69, 9.17) is 4.74 Å². The fourth-order valence-corrected chi connectivity index (χ4v) is 2.05. The third kappa shape index (κ3) is 3.53. The zero-order valence-electron chi connectivity index (χ0n) is 11.1. The number of aromatic nitrogens is 2. The zero-order valence-corrected chi connectivity index (χ0v) is 12.7. The van der Waals surface area contributed by atoms with E-state index in [-0.39, 0.29) is 0 Å². The third-order valence-corrected chi connectivity index (χ3v) is 3.75. The quantitative estimate of drug-likeness (QED) is 0.750. The number of benzene rings is 1. The van der Waals surface area contributed by atoms with Crippen LogP contribution in [-0.2, 0) is 5.33 Å². The van der Waals surface area contributed by atoms with Crippen LogP contribution >= 0.6 is 15.9 Å². The molecule has 19 heavy (non-hydrogen) atoms. The molecule has 1 aromatic heterocycles. The van der Waals surface area contributed by atoms with Crippen molar-refractivity contribution in [3.8, 4) is 11.8 Å². The number of halogens is 1. The topological polar surface area (TPSA) is 35.0 Å². The van der Waals surface area contributed by atoms with Gasteiger partial charge in [-0.15, -0.1) is 0 Å². The lowest BCUT2D eigenvalue weighted by atomic mass is 9.98. The van der Waals surface area contributed by atoms with Crippen molar-refractivity contribution in [3.63, 3.8) is 0 Å². The van der Waals surface area contributed by atoms with Gasteiger partial charge in [-0.3, -0.25) is 0 Å². The summed E-state index contributed by atoms with van der Waals surface area (Å²) in [6.07, 6.45) is 4.61. The van der Waals surface area contributed by atoms with E-state index in [1.165, 1.54) is 5.56 Å². The molecular weight excluding hydrogens is 304 g/mol. The van der Waals surface area contributed by atoms with Crippen molar-refractivity contribution in [2.45, 2.75) is 31.5 Å². The van der Waals surface area contributed by atoms with E-state index in [9.17, 15) is 0 Å². The highest BCUT2D eigenvalue weighted by Gasteiger charge is 2.11. The van der Waals surface area contributed by atoms with Crippen LogP contribution in [0.5, 0.6) is 11.8 Å². The molecule has 0 aliphatic heterocycles. The molecule has 1 unspecified atom stereocenters. The van der Waals surface area contributed by atoms with Crippen molar-refractivity contribution in [2.24, 2.45) is 0 Å². The highest BCUT2D eigenvalue weighted by Crippen LogP contribution is 2.30. The van der Waals surface area contributed by atoms with Gasteiger partial charge in [-0.25, -0.2) is 9.97 Å². The molecule has 0 radical (unpaired) electrons. The van der Waals surface area contributed by atoms with E-state index < -0.39 is 0 Å². The molecule has 1 heterocycles. The highest BCUT2D eigenvalue weighted by atomic mass is 79.9. The molecule has 0 saturated carbocycles. The van der Waals surface area contributed by atoms with Gasteiger partial charge in [-0.05, 0) is 29.5 Å². The second-order valence-corrected chi connectivity index (χ2v) is 5.02.